The Kier molecular flexibility index (Phi) is 34.8. The van der Waals surface area contributed by atoms with Crippen LogP contribution in [0.2, 0.25) is 0 Å². The Hall–Kier alpha value is 0.810. The topological polar surface area (TPSA) is 55.8 Å². The second kappa shape index (κ2) is 34.2. The molecule has 0 aromatic rings. The van der Waals surface area contributed by atoms with Crippen LogP contribution in [0, 0.1) is 0 Å². The molecule has 0 heterocycles. The molecule has 2 unspecified atom stereocenters. The van der Waals surface area contributed by atoms with Crippen molar-refractivity contribution < 1.29 is 18.5 Å². The minimum absolute atomic E-state index is 0.333. The Morgan fingerprint density at radius 1 is 0.442 bits per heavy atom. The summed E-state index contributed by atoms with van der Waals surface area (Å²) in [5.41, 5.74) is -0.665. The van der Waals surface area contributed by atoms with Gasteiger partial charge in [-0.15, -0.1) is 23.5 Å². The van der Waals surface area contributed by atoms with Crippen LogP contribution in [0.25, 0.3) is 0 Å². The lowest BCUT2D eigenvalue weighted by atomic mass is 10.0. The highest BCUT2D eigenvalue weighted by Gasteiger charge is 2.27. The van der Waals surface area contributed by atoms with E-state index in [0.717, 1.165) is 24.3 Å². The first-order valence-corrected chi connectivity index (χ1v) is 22.4. The van der Waals surface area contributed by atoms with E-state index >= 15 is 0 Å². The van der Waals surface area contributed by atoms with Crippen LogP contribution in [0.3, 0.4) is 0 Å². The third-order valence-corrected chi connectivity index (χ3v) is 11.9. The standard InChI is InChI=1S/C36H75O4PS2/c1-5-7-9-11-13-15-17-19-21-23-25-27-29-31-33-42-35(3)39-41(37,38)40-36(4)43-34-32-30-28-26-24-22-20-18-16-14-12-10-8-6-2/h35-36H,5-34H2,1-4H3,(H,37,38). The van der Waals surface area contributed by atoms with Gasteiger partial charge in [-0.05, 0) is 38.2 Å². The first-order valence-electron chi connectivity index (χ1n) is 18.8. The molecular weight excluding hydrogens is 592 g/mol. The molecule has 0 aromatic carbocycles. The molecule has 0 amide bonds. The van der Waals surface area contributed by atoms with Crippen molar-refractivity contribution in [2.45, 2.75) is 218 Å². The summed E-state index contributed by atoms with van der Waals surface area (Å²) >= 11 is 3.23. The summed E-state index contributed by atoms with van der Waals surface area (Å²) in [5.74, 6) is 1.92. The zero-order valence-corrected chi connectivity index (χ0v) is 31.8. The number of hydrogen-bond acceptors (Lipinski definition) is 5. The SMILES string of the molecule is CCCCCCCCCCCCCCCCSC(C)OP(=O)(O)OC(C)SCCCCCCCCCCCCCCCC. The number of thioether (sulfide) groups is 2. The van der Waals surface area contributed by atoms with Crippen LogP contribution < -0.4 is 0 Å². The summed E-state index contributed by atoms with van der Waals surface area (Å²) in [6.45, 7) is 8.27. The minimum atomic E-state index is -4.03. The summed E-state index contributed by atoms with van der Waals surface area (Å²) < 4.78 is 23.2. The summed E-state index contributed by atoms with van der Waals surface area (Å²) in [7, 11) is -4.03. The molecule has 4 nitrogen and oxygen atoms in total. The fraction of sp³-hybridized carbons (Fsp3) is 1.00. The van der Waals surface area contributed by atoms with Gasteiger partial charge in [0.2, 0.25) is 0 Å². The van der Waals surface area contributed by atoms with Crippen LogP contribution in [0.4, 0.5) is 0 Å². The molecule has 2 atom stereocenters. The molecule has 0 saturated heterocycles. The van der Waals surface area contributed by atoms with E-state index < -0.39 is 7.82 Å². The second-order valence-electron chi connectivity index (χ2n) is 12.7. The van der Waals surface area contributed by atoms with Crippen LogP contribution in [0.15, 0.2) is 0 Å². The van der Waals surface area contributed by atoms with Crippen molar-refractivity contribution in [2.75, 3.05) is 11.5 Å². The number of rotatable bonds is 36. The van der Waals surface area contributed by atoms with Crippen LogP contribution in [0.1, 0.15) is 207 Å². The Morgan fingerprint density at radius 2 is 0.651 bits per heavy atom. The predicted octanol–water partition coefficient (Wildman–Crippen LogP) is 14.2. The normalized spacial score (nSPS) is 14.6. The molecule has 0 rings (SSSR count). The number of phosphoric acid groups is 1. The fourth-order valence-electron chi connectivity index (χ4n) is 5.55. The highest BCUT2D eigenvalue weighted by atomic mass is 32.2. The Bertz CT molecular complexity index is 550. The molecular formula is C36H75O4PS2. The lowest BCUT2D eigenvalue weighted by Crippen LogP contribution is -2.09. The van der Waals surface area contributed by atoms with Crippen molar-refractivity contribution in [1.82, 2.24) is 0 Å². The molecule has 0 fully saturated rings. The highest BCUT2D eigenvalue weighted by molar-refractivity contribution is 8.00. The molecule has 7 heteroatoms. The van der Waals surface area contributed by atoms with Crippen LogP contribution in [-0.2, 0) is 13.6 Å². The lowest BCUT2D eigenvalue weighted by Gasteiger charge is -2.20. The molecule has 43 heavy (non-hydrogen) atoms. The maximum Gasteiger partial charge on any atom is 0.474 e. The molecule has 0 aromatic heterocycles. The Labute approximate surface area is 278 Å². The smallest absolute Gasteiger partial charge is 0.302 e. The molecule has 0 aliphatic carbocycles. The monoisotopic (exact) mass is 666 g/mol. The van der Waals surface area contributed by atoms with Crippen molar-refractivity contribution in [2.24, 2.45) is 0 Å². The number of unbranched alkanes of at least 4 members (excludes halogenated alkanes) is 26. The van der Waals surface area contributed by atoms with Crippen molar-refractivity contribution in [1.29, 1.82) is 0 Å². The largest absolute Gasteiger partial charge is 0.474 e. The van der Waals surface area contributed by atoms with Gasteiger partial charge in [-0.2, -0.15) is 0 Å². The molecule has 0 radical (unpaired) electrons. The van der Waals surface area contributed by atoms with Crippen LogP contribution in [0.5, 0.6) is 0 Å². The van der Waals surface area contributed by atoms with Gasteiger partial charge in [0.1, 0.15) is 10.9 Å². The average molecular weight is 667 g/mol. The molecule has 0 bridgehead atoms. The summed E-state index contributed by atoms with van der Waals surface area (Å²) in [6, 6.07) is 0. The van der Waals surface area contributed by atoms with Gasteiger partial charge < -0.3 is 4.89 Å². The van der Waals surface area contributed by atoms with Gasteiger partial charge >= 0.3 is 7.82 Å². The maximum absolute atomic E-state index is 12.4. The fourth-order valence-corrected chi connectivity index (χ4v) is 8.90. The molecule has 1 N–H and O–H groups in total. The van der Waals surface area contributed by atoms with Gasteiger partial charge in [0, 0.05) is 0 Å². The van der Waals surface area contributed by atoms with Crippen LogP contribution in [-0.4, -0.2) is 27.3 Å². The summed E-state index contributed by atoms with van der Waals surface area (Å²) in [5, 5.41) is 0. The van der Waals surface area contributed by atoms with E-state index in [1.54, 1.807) is 23.5 Å². The van der Waals surface area contributed by atoms with Crippen molar-refractivity contribution in [3.05, 3.63) is 0 Å². The first-order chi connectivity index (χ1) is 20.9. The van der Waals surface area contributed by atoms with E-state index in [2.05, 4.69) is 13.8 Å². The van der Waals surface area contributed by atoms with Gasteiger partial charge in [-0.1, -0.05) is 181 Å². The van der Waals surface area contributed by atoms with Gasteiger partial charge in [0.15, 0.2) is 0 Å². The van der Waals surface area contributed by atoms with E-state index in [1.165, 1.54) is 167 Å². The Balaban J connectivity index is 3.51. The van der Waals surface area contributed by atoms with Gasteiger partial charge in [-0.25, -0.2) is 4.57 Å². The third-order valence-electron chi connectivity index (χ3n) is 8.26. The highest BCUT2D eigenvalue weighted by Crippen LogP contribution is 2.48. The first kappa shape index (κ1) is 43.8. The lowest BCUT2D eigenvalue weighted by molar-refractivity contribution is 0.140. The van der Waals surface area contributed by atoms with Crippen molar-refractivity contribution in [3.8, 4) is 0 Å². The molecule has 0 aliphatic rings. The minimum Gasteiger partial charge on any atom is -0.302 e. The van der Waals surface area contributed by atoms with E-state index in [9.17, 15) is 9.46 Å². The zero-order valence-electron chi connectivity index (χ0n) is 29.3. The zero-order chi connectivity index (χ0) is 31.7. The van der Waals surface area contributed by atoms with Gasteiger partial charge in [-0.3, -0.25) is 9.05 Å². The Morgan fingerprint density at radius 3 is 0.884 bits per heavy atom. The van der Waals surface area contributed by atoms with E-state index in [1.807, 2.05) is 13.8 Å². The molecule has 260 valence electrons. The maximum atomic E-state index is 12.4. The van der Waals surface area contributed by atoms with E-state index in [-0.39, 0.29) is 10.9 Å². The summed E-state index contributed by atoms with van der Waals surface area (Å²) in [4.78, 5) is 10.2. The second-order valence-corrected chi connectivity index (χ2v) is 16.9. The molecule has 0 saturated carbocycles. The van der Waals surface area contributed by atoms with Crippen molar-refractivity contribution >= 4 is 31.3 Å². The van der Waals surface area contributed by atoms with Gasteiger partial charge in [0.05, 0.1) is 0 Å². The molecule has 0 aliphatic heterocycles. The number of hydrogen-bond donors (Lipinski definition) is 1. The quantitative estimate of drug-likeness (QED) is 0.0408. The number of phosphoric ester groups is 1. The third kappa shape index (κ3) is 35.5. The predicted molar refractivity (Wildman–Crippen MR) is 196 cm³/mol. The molecule has 0 spiro atoms. The van der Waals surface area contributed by atoms with Gasteiger partial charge in [0.25, 0.3) is 0 Å². The summed E-state index contributed by atoms with van der Waals surface area (Å²) in [6.07, 6.45) is 38.0. The average Bonchev–Trinajstić information content (AvgIpc) is 2.96. The van der Waals surface area contributed by atoms with Crippen molar-refractivity contribution in [3.63, 3.8) is 0 Å². The van der Waals surface area contributed by atoms with Crippen LogP contribution >= 0.6 is 31.3 Å². The van der Waals surface area contributed by atoms with E-state index in [4.69, 9.17) is 9.05 Å². The van der Waals surface area contributed by atoms with E-state index in [0.29, 0.717) is 0 Å².